The Balaban J connectivity index is 1.58. The predicted molar refractivity (Wildman–Crippen MR) is 104 cm³/mol. The molecule has 1 aliphatic heterocycles. The summed E-state index contributed by atoms with van der Waals surface area (Å²) in [6.45, 7) is 4.41. The molecule has 0 bridgehead atoms. The minimum absolute atomic E-state index is 0.0484. The van der Waals surface area contributed by atoms with E-state index in [2.05, 4.69) is 18.9 Å². The molecule has 1 aromatic carbocycles. The molecule has 0 N–H and O–H groups in total. The lowest BCUT2D eigenvalue weighted by Crippen LogP contribution is -2.30. The third-order valence-corrected chi connectivity index (χ3v) is 6.03. The van der Waals surface area contributed by atoms with Crippen molar-refractivity contribution in [2.45, 2.75) is 57.5 Å². The maximum atomic E-state index is 12.6. The van der Waals surface area contributed by atoms with Crippen LogP contribution in [-0.4, -0.2) is 31.1 Å². The molecule has 2 fully saturated rings. The number of fused-ring (bicyclic) bond motifs is 1. The summed E-state index contributed by atoms with van der Waals surface area (Å²) < 4.78 is 12.3. The number of rotatable bonds is 3. The molecule has 4 rings (SSSR count). The van der Waals surface area contributed by atoms with Crippen molar-refractivity contribution in [2.75, 3.05) is 20.1 Å². The largest absolute Gasteiger partial charge is 0.490 e. The zero-order chi connectivity index (χ0) is 18.1. The summed E-state index contributed by atoms with van der Waals surface area (Å²) in [5.41, 5.74) is 0.729. The van der Waals surface area contributed by atoms with Crippen LogP contribution in [0.4, 0.5) is 0 Å². The average Bonchev–Trinajstić information content (AvgIpc) is 3.10. The van der Waals surface area contributed by atoms with Gasteiger partial charge in [0.2, 0.25) is 0 Å². The summed E-state index contributed by atoms with van der Waals surface area (Å²) in [5, 5.41) is 0.627. The minimum atomic E-state index is 0.0484. The van der Waals surface area contributed by atoms with Gasteiger partial charge in [0.25, 0.3) is 0 Å². The lowest BCUT2D eigenvalue weighted by molar-refractivity contribution is 0.131. The maximum Gasteiger partial charge on any atom is 0.193 e. The van der Waals surface area contributed by atoms with E-state index in [1.54, 1.807) is 6.07 Å². The Hall–Kier alpha value is -1.81. The fourth-order valence-electron chi connectivity index (χ4n) is 4.54. The number of hydrogen-bond acceptors (Lipinski definition) is 4. The Morgan fingerprint density at radius 2 is 1.92 bits per heavy atom. The van der Waals surface area contributed by atoms with Crippen LogP contribution in [0.2, 0.25) is 0 Å². The van der Waals surface area contributed by atoms with Gasteiger partial charge in [0.1, 0.15) is 23.2 Å². The molecular weight excluding hydrogens is 326 g/mol. The lowest BCUT2D eigenvalue weighted by atomic mass is 10.0. The van der Waals surface area contributed by atoms with E-state index in [4.69, 9.17) is 9.15 Å². The zero-order valence-corrected chi connectivity index (χ0v) is 15.9. The first-order valence-corrected chi connectivity index (χ1v) is 10.0. The summed E-state index contributed by atoms with van der Waals surface area (Å²) in [4.78, 5) is 15.0. The third kappa shape index (κ3) is 3.66. The van der Waals surface area contributed by atoms with E-state index in [0.717, 1.165) is 50.3 Å². The fraction of sp³-hybridized carbons (Fsp3) is 0.591. The van der Waals surface area contributed by atoms with Crippen LogP contribution < -0.4 is 10.2 Å². The van der Waals surface area contributed by atoms with E-state index in [1.165, 1.54) is 12.8 Å². The maximum absolute atomic E-state index is 12.6. The highest BCUT2D eigenvalue weighted by Gasteiger charge is 2.24. The van der Waals surface area contributed by atoms with E-state index in [9.17, 15) is 4.79 Å². The number of benzene rings is 1. The van der Waals surface area contributed by atoms with Crippen LogP contribution >= 0.6 is 0 Å². The van der Waals surface area contributed by atoms with Gasteiger partial charge in [0.15, 0.2) is 5.43 Å². The third-order valence-electron chi connectivity index (χ3n) is 6.03. The van der Waals surface area contributed by atoms with Crippen molar-refractivity contribution in [3.63, 3.8) is 0 Å². The van der Waals surface area contributed by atoms with Gasteiger partial charge in [-0.05, 0) is 57.5 Å². The molecule has 2 heterocycles. The Morgan fingerprint density at radius 3 is 2.73 bits per heavy atom. The van der Waals surface area contributed by atoms with Gasteiger partial charge < -0.3 is 14.1 Å². The number of likely N-dealkylation sites (tertiary alicyclic amines) is 1. The van der Waals surface area contributed by atoms with E-state index < -0.39 is 0 Å². The van der Waals surface area contributed by atoms with Crippen LogP contribution in [0.1, 0.15) is 57.1 Å². The summed E-state index contributed by atoms with van der Waals surface area (Å²) in [6, 6.07) is 7.41. The summed E-state index contributed by atoms with van der Waals surface area (Å²) in [6.07, 6.45) is 7.11. The average molecular weight is 355 g/mol. The van der Waals surface area contributed by atoms with Crippen molar-refractivity contribution in [3.05, 3.63) is 40.2 Å². The second kappa shape index (κ2) is 7.43. The normalized spacial score (nSPS) is 25.5. The molecule has 4 heteroatoms. The standard InChI is InChI=1S/C22H29NO3/c1-15-14-23(2)11-5-8-20(15)25-17-9-10-21-18(12-17)19(24)13-22(26-21)16-6-3-4-7-16/h9-10,12-13,15-16,20H,3-8,11,14H2,1-2H3. The molecule has 2 aliphatic rings. The molecule has 1 aliphatic carbocycles. The molecule has 4 nitrogen and oxygen atoms in total. The Morgan fingerprint density at radius 1 is 1.12 bits per heavy atom. The van der Waals surface area contributed by atoms with Gasteiger partial charge >= 0.3 is 0 Å². The highest BCUT2D eigenvalue weighted by Crippen LogP contribution is 2.35. The molecule has 26 heavy (non-hydrogen) atoms. The van der Waals surface area contributed by atoms with E-state index >= 15 is 0 Å². The molecule has 2 atom stereocenters. The van der Waals surface area contributed by atoms with Gasteiger partial charge in [-0.2, -0.15) is 0 Å². The van der Waals surface area contributed by atoms with Crippen molar-refractivity contribution >= 4 is 11.0 Å². The Bertz CT molecular complexity index is 822. The van der Waals surface area contributed by atoms with Crippen molar-refractivity contribution in [3.8, 4) is 5.75 Å². The first-order chi connectivity index (χ1) is 12.6. The number of hydrogen-bond donors (Lipinski definition) is 0. The zero-order valence-electron chi connectivity index (χ0n) is 15.9. The van der Waals surface area contributed by atoms with Gasteiger partial charge in [-0.3, -0.25) is 4.79 Å². The monoisotopic (exact) mass is 355 g/mol. The van der Waals surface area contributed by atoms with Gasteiger partial charge in [-0.15, -0.1) is 0 Å². The topological polar surface area (TPSA) is 42.7 Å². The fourth-order valence-corrected chi connectivity index (χ4v) is 4.54. The SMILES string of the molecule is CC1CN(C)CCCC1Oc1ccc2oc(C3CCCC3)cc(=O)c2c1. The van der Waals surface area contributed by atoms with Crippen molar-refractivity contribution in [1.29, 1.82) is 0 Å². The molecule has 2 aromatic rings. The summed E-state index contributed by atoms with van der Waals surface area (Å²) >= 11 is 0. The Kier molecular flexibility index (Phi) is 5.03. The second-order valence-electron chi connectivity index (χ2n) is 8.19. The molecule has 1 saturated heterocycles. The summed E-state index contributed by atoms with van der Waals surface area (Å²) in [7, 11) is 2.17. The second-order valence-corrected chi connectivity index (χ2v) is 8.19. The van der Waals surface area contributed by atoms with Gasteiger partial charge in [0, 0.05) is 24.4 Å². The van der Waals surface area contributed by atoms with Gasteiger partial charge in [-0.1, -0.05) is 19.8 Å². The predicted octanol–water partition coefficient (Wildman–Crippen LogP) is 4.56. The van der Waals surface area contributed by atoms with Crippen molar-refractivity contribution in [2.24, 2.45) is 5.92 Å². The molecule has 140 valence electrons. The molecule has 1 saturated carbocycles. The van der Waals surface area contributed by atoms with E-state index in [0.29, 0.717) is 22.8 Å². The molecule has 1 aromatic heterocycles. The molecule has 0 amide bonds. The van der Waals surface area contributed by atoms with Gasteiger partial charge in [0.05, 0.1) is 5.39 Å². The van der Waals surface area contributed by atoms with Crippen LogP contribution in [-0.2, 0) is 0 Å². The van der Waals surface area contributed by atoms with E-state index in [1.807, 2.05) is 18.2 Å². The summed E-state index contributed by atoms with van der Waals surface area (Å²) in [5.74, 6) is 2.51. The van der Waals surface area contributed by atoms with Crippen LogP contribution in [0.3, 0.4) is 0 Å². The van der Waals surface area contributed by atoms with E-state index in [-0.39, 0.29) is 11.5 Å². The van der Waals surface area contributed by atoms with Crippen molar-refractivity contribution in [1.82, 2.24) is 4.90 Å². The van der Waals surface area contributed by atoms with Gasteiger partial charge in [-0.25, -0.2) is 0 Å². The highest BCUT2D eigenvalue weighted by atomic mass is 16.5. The quantitative estimate of drug-likeness (QED) is 0.809. The van der Waals surface area contributed by atoms with Crippen LogP contribution in [0.5, 0.6) is 5.75 Å². The highest BCUT2D eigenvalue weighted by molar-refractivity contribution is 5.78. The lowest BCUT2D eigenvalue weighted by Gasteiger charge is -2.24. The van der Waals surface area contributed by atoms with Crippen LogP contribution in [0.25, 0.3) is 11.0 Å². The van der Waals surface area contributed by atoms with Crippen molar-refractivity contribution < 1.29 is 9.15 Å². The Labute approximate surface area is 155 Å². The molecule has 0 spiro atoms. The first-order valence-electron chi connectivity index (χ1n) is 10.0. The first kappa shape index (κ1) is 17.6. The minimum Gasteiger partial charge on any atom is -0.490 e. The van der Waals surface area contributed by atoms with Crippen LogP contribution in [0.15, 0.2) is 33.5 Å². The smallest absolute Gasteiger partial charge is 0.193 e. The molecular formula is C22H29NO3. The number of ether oxygens (including phenoxy) is 1. The molecule has 2 unspecified atom stereocenters. The molecule has 0 radical (unpaired) electrons. The number of nitrogens with zero attached hydrogens (tertiary/aromatic N) is 1. The van der Waals surface area contributed by atoms with Crippen LogP contribution in [0, 0.1) is 5.92 Å².